The zero-order valence-corrected chi connectivity index (χ0v) is 22.5. The number of halogens is 1. The molecule has 0 atom stereocenters. The molecule has 5 rings (SSSR count). The van der Waals surface area contributed by atoms with Crippen LogP contribution in [0.4, 0.5) is 11.6 Å². The average molecular weight is 558 g/mol. The van der Waals surface area contributed by atoms with Crippen LogP contribution in [0.2, 0.25) is 5.02 Å². The summed E-state index contributed by atoms with van der Waals surface area (Å²) in [7, 11) is 1.69. The lowest BCUT2D eigenvalue weighted by Crippen LogP contribution is -2.26. The van der Waals surface area contributed by atoms with Crippen LogP contribution < -0.4 is 16.0 Å². The van der Waals surface area contributed by atoms with Crippen LogP contribution in [-0.4, -0.2) is 34.3 Å². The van der Waals surface area contributed by atoms with Crippen LogP contribution in [-0.2, 0) is 11.3 Å². The van der Waals surface area contributed by atoms with E-state index in [0.29, 0.717) is 32.2 Å². The molecule has 0 aliphatic rings. The van der Waals surface area contributed by atoms with E-state index in [1.165, 1.54) is 11.3 Å². The summed E-state index contributed by atoms with van der Waals surface area (Å²) in [6, 6.07) is 25.4. The minimum absolute atomic E-state index is 0.0698. The van der Waals surface area contributed by atoms with Gasteiger partial charge in [-0.1, -0.05) is 41.9 Å². The van der Waals surface area contributed by atoms with Crippen molar-refractivity contribution in [2.45, 2.75) is 13.0 Å². The fraction of sp³-hybridized carbons (Fsp3) is 0.103. The molecule has 0 saturated heterocycles. The molecule has 3 amide bonds. The number of thiophene rings is 1. The van der Waals surface area contributed by atoms with Gasteiger partial charge in [0.1, 0.15) is 0 Å². The molecular weight excluding hydrogens is 534 g/mol. The number of carbonyl (C=O) groups excluding carboxylic acids is 3. The Morgan fingerprint density at radius 1 is 1.00 bits per heavy atom. The molecule has 5 aromatic rings. The van der Waals surface area contributed by atoms with Gasteiger partial charge in [-0.2, -0.15) is 0 Å². The molecule has 0 unspecified atom stereocenters. The Balaban J connectivity index is 1.44. The molecular formula is C29H24ClN5O3S. The number of carbonyl (C=O) groups is 3. The van der Waals surface area contributed by atoms with Gasteiger partial charge in [0.05, 0.1) is 15.9 Å². The van der Waals surface area contributed by atoms with E-state index in [0.717, 1.165) is 10.4 Å². The normalized spacial score (nSPS) is 10.9. The van der Waals surface area contributed by atoms with Gasteiger partial charge in [0.15, 0.2) is 0 Å². The van der Waals surface area contributed by atoms with Gasteiger partial charge >= 0.3 is 0 Å². The van der Waals surface area contributed by atoms with Gasteiger partial charge in [-0.15, -0.1) is 11.3 Å². The van der Waals surface area contributed by atoms with Gasteiger partial charge in [-0.25, -0.2) is 4.98 Å². The monoisotopic (exact) mass is 557 g/mol. The smallest absolute Gasteiger partial charge is 0.268 e. The standard InChI is InChI=1S/C29H24ClN5O3S/c1-34(28(38)18-6-3-2-4-7-18)21-10-11-23-22(17-21)32-29(35(23)15-14-26(31)36)33-27(37)25-13-12-24(39-25)19-8-5-9-20(30)16-19/h2-13,16-17H,14-15H2,1H3,(H2,31,36)(H,32,33,37). The van der Waals surface area contributed by atoms with Crippen molar-refractivity contribution >= 4 is 63.3 Å². The Morgan fingerprint density at radius 3 is 2.54 bits per heavy atom. The highest BCUT2D eigenvalue weighted by Gasteiger charge is 2.19. The highest BCUT2D eigenvalue weighted by molar-refractivity contribution is 7.17. The molecule has 0 saturated carbocycles. The molecule has 0 spiro atoms. The summed E-state index contributed by atoms with van der Waals surface area (Å²) in [5.74, 6) is -0.683. The number of hydrogen-bond donors (Lipinski definition) is 2. The number of aromatic nitrogens is 2. The van der Waals surface area contributed by atoms with E-state index < -0.39 is 5.91 Å². The molecule has 0 radical (unpaired) electrons. The largest absolute Gasteiger partial charge is 0.370 e. The van der Waals surface area contributed by atoms with E-state index in [9.17, 15) is 14.4 Å². The van der Waals surface area contributed by atoms with Crippen LogP contribution in [0.15, 0.2) is 84.9 Å². The van der Waals surface area contributed by atoms with Crippen molar-refractivity contribution in [3.8, 4) is 10.4 Å². The summed E-state index contributed by atoms with van der Waals surface area (Å²) in [5, 5.41) is 3.49. The predicted octanol–water partition coefficient (Wildman–Crippen LogP) is 5.82. The van der Waals surface area contributed by atoms with Crippen LogP contribution in [0, 0.1) is 0 Å². The Labute approximate surface area is 233 Å². The first-order valence-electron chi connectivity index (χ1n) is 12.1. The summed E-state index contributed by atoms with van der Waals surface area (Å²) in [4.78, 5) is 45.3. The second-order valence-corrected chi connectivity index (χ2v) is 10.4. The number of benzene rings is 3. The van der Waals surface area contributed by atoms with Crippen LogP contribution >= 0.6 is 22.9 Å². The first-order valence-corrected chi connectivity index (χ1v) is 13.3. The maximum absolute atomic E-state index is 13.2. The lowest BCUT2D eigenvalue weighted by Gasteiger charge is -2.17. The molecule has 0 aliphatic carbocycles. The number of hydrogen-bond acceptors (Lipinski definition) is 5. The van der Waals surface area contributed by atoms with E-state index >= 15 is 0 Å². The highest BCUT2D eigenvalue weighted by Crippen LogP contribution is 2.31. The lowest BCUT2D eigenvalue weighted by atomic mass is 10.2. The van der Waals surface area contributed by atoms with Crippen LogP contribution in [0.1, 0.15) is 26.5 Å². The predicted molar refractivity (Wildman–Crippen MR) is 155 cm³/mol. The number of amides is 3. The van der Waals surface area contributed by atoms with Crippen molar-refractivity contribution in [2.24, 2.45) is 5.73 Å². The lowest BCUT2D eigenvalue weighted by molar-refractivity contribution is -0.118. The summed E-state index contributed by atoms with van der Waals surface area (Å²) in [5.41, 5.74) is 8.78. The highest BCUT2D eigenvalue weighted by atomic mass is 35.5. The Bertz CT molecular complexity index is 1700. The van der Waals surface area contributed by atoms with Crippen molar-refractivity contribution in [2.75, 3.05) is 17.3 Å². The van der Waals surface area contributed by atoms with Gasteiger partial charge in [0.25, 0.3) is 11.8 Å². The number of nitrogens with zero attached hydrogens (tertiary/aromatic N) is 3. The van der Waals surface area contributed by atoms with E-state index in [1.807, 2.05) is 48.5 Å². The number of nitrogens with one attached hydrogen (secondary N) is 1. The van der Waals surface area contributed by atoms with Crippen LogP contribution in [0.5, 0.6) is 0 Å². The molecule has 3 N–H and O–H groups in total. The molecule has 3 aromatic carbocycles. The topological polar surface area (TPSA) is 110 Å². The molecule has 0 bridgehead atoms. The SMILES string of the molecule is CN(C(=O)c1ccccc1)c1ccc2c(c1)nc(NC(=O)c1ccc(-c3cccc(Cl)c3)s1)n2CCC(N)=O. The number of imidazole rings is 1. The van der Waals surface area contributed by atoms with Gasteiger partial charge < -0.3 is 15.2 Å². The third kappa shape index (κ3) is 5.69. The van der Waals surface area contributed by atoms with Crippen molar-refractivity contribution < 1.29 is 14.4 Å². The number of anilines is 2. The first kappa shape index (κ1) is 26.1. The maximum atomic E-state index is 13.2. The molecule has 2 aromatic heterocycles. The average Bonchev–Trinajstić information content (AvgIpc) is 3.56. The Morgan fingerprint density at radius 2 is 1.79 bits per heavy atom. The molecule has 8 nitrogen and oxygen atoms in total. The third-order valence-electron chi connectivity index (χ3n) is 6.19. The van der Waals surface area contributed by atoms with Crippen molar-refractivity contribution in [1.29, 1.82) is 0 Å². The van der Waals surface area contributed by atoms with Crippen molar-refractivity contribution in [3.63, 3.8) is 0 Å². The minimum Gasteiger partial charge on any atom is -0.370 e. The number of fused-ring (bicyclic) bond motifs is 1. The van der Waals surface area contributed by atoms with Crippen molar-refractivity contribution in [1.82, 2.24) is 9.55 Å². The maximum Gasteiger partial charge on any atom is 0.268 e. The fourth-order valence-corrected chi connectivity index (χ4v) is 5.27. The number of primary amides is 1. The minimum atomic E-state index is -0.469. The molecule has 39 heavy (non-hydrogen) atoms. The number of rotatable bonds is 8. The van der Waals surface area contributed by atoms with Crippen LogP contribution in [0.25, 0.3) is 21.5 Å². The molecule has 196 valence electrons. The Hall–Kier alpha value is -4.47. The second-order valence-electron chi connectivity index (χ2n) is 8.83. The van der Waals surface area contributed by atoms with E-state index in [2.05, 4.69) is 10.3 Å². The molecule has 10 heteroatoms. The van der Waals surface area contributed by atoms with E-state index in [-0.39, 0.29) is 30.7 Å². The summed E-state index contributed by atoms with van der Waals surface area (Å²) in [6.45, 7) is 0.234. The van der Waals surface area contributed by atoms with Gasteiger partial charge in [-0.3, -0.25) is 19.7 Å². The second kappa shape index (κ2) is 11.1. The van der Waals surface area contributed by atoms with Gasteiger partial charge in [-0.05, 0) is 60.2 Å². The zero-order chi connectivity index (χ0) is 27.5. The van der Waals surface area contributed by atoms with E-state index in [4.69, 9.17) is 17.3 Å². The quantitative estimate of drug-likeness (QED) is 0.250. The summed E-state index contributed by atoms with van der Waals surface area (Å²) < 4.78 is 1.74. The van der Waals surface area contributed by atoms with E-state index in [1.54, 1.807) is 52.9 Å². The van der Waals surface area contributed by atoms with Gasteiger partial charge in [0, 0.05) is 41.2 Å². The van der Waals surface area contributed by atoms with Crippen LogP contribution in [0.3, 0.4) is 0 Å². The fourth-order valence-electron chi connectivity index (χ4n) is 4.18. The third-order valence-corrected chi connectivity index (χ3v) is 7.56. The number of aryl methyl sites for hydroxylation is 1. The summed E-state index contributed by atoms with van der Waals surface area (Å²) in [6.07, 6.45) is 0.0698. The first-order chi connectivity index (χ1) is 18.8. The molecule has 0 fully saturated rings. The summed E-state index contributed by atoms with van der Waals surface area (Å²) >= 11 is 7.45. The Kier molecular flexibility index (Phi) is 7.44. The molecule has 0 aliphatic heterocycles. The number of nitrogens with two attached hydrogens (primary N) is 1. The van der Waals surface area contributed by atoms with Crippen molar-refractivity contribution in [3.05, 3.63) is 100 Å². The molecule has 2 heterocycles. The zero-order valence-electron chi connectivity index (χ0n) is 20.9. The van der Waals surface area contributed by atoms with Gasteiger partial charge in [0.2, 0.25) is 11.9 Å².